The minimum absolute atomic E-state index is 0.469. The lowest BCUT2D eigenvalue weighted by molar-refractivity contribution is 0.122. The summed E-state index contributed by atoms with van der Waals surface area (Å²) >= 11 is 0. The number of hydrogen-bond donors (Lipinski definition) is 1. The number of piperidine rings is 1. The topological polar surface area (TPSA) is 24.5 Å². The fourth-order valence-corrected chi connectivity index (χ4v) is 3.28. The van der Waals surface area contributed by atoms with Crippen molar-refractivity contribution >= 4 is 0 Å². The van der Waals surface area contributed by atoms with E-state index in [0.717, 1.165) is 5.75 Å². The molecule has 1 aromatic carbocycles. The minimum Gasteiger partial charge on any atom is -0.497 e. The van der Waals surface area contributed by atoms with Crippen LogP contribution in [0.5, 0.6) is 5.75 Å². The number of ether oxygens (including phenoxy) is 1. The molecule has 0 amide bonds. The van der Waals surface area contributed by atoms with Crippen LogP contribution >= 0.6 is 0 Å². The molecule has 3 heteroatoms. The lowest BCUT2D eigenvalue weighted by atomic mass is 9.88. The van der Waals surface area contributed by atoms with Crippen molar-refractivity contribution in [3.63, 3.8) is 0 Å². The standard InChI is InChI=1S/C16H24N2O/c1-19-14-9-8-13-6-5-7-16(15(13)12-14)17-18-10-3-2-4-11-18/h8-9,12,16-17H,2-7,10-11H2,1H3. The third kappa shape index (κ3) is 2.93. The molecule has 1 aromatic rings. The fraction of sp³-hybridized carbons (Fsp3) is 0.625. The van der Waals surface area contributed by atoms with Crippen molar-refractivity contribution in [2.45, 2.75) is 44.6 Å². The zero-order valence-electron chi connectivity index (χ0n) is 11.8. The monoisotopic (exact) mass is 260 g/mol. The first kappa shape index (κ1) is 12.9. The van der Waals surface area contributed by atoms with Crippen LogP contribution in [0.2, 0.25) is 0 Å². The van der Waals surface area contributed by atoms with E-state index in [1.165, 1.54) is 62.7 Å². The van der Waals surface area contributed by atoms with Crippen LogP contribution < -0.4 is 10.2 Å². The second-order valence-corrected chi connectivity index (χ2v) is 5.69. The van der Waals surface area contributed by atoms with Gasteiger partial charge < -0.3 is 4.74 Å². The normalized spacial score (nSPS) is 23.9. The molecule has 1 aliphatic carbocycles. The van der Waals surface area contributed by atoms with Crippen molar-refractivity contribution in [3.8, 4) is 5.75 Å². The molecular weight excluding hydrogens is 236 g/mol. The summed E-state index contributed by atoms with van der Waals surface area (Å²) in [4.78, 5) is 0. The largest absolute Gasteiger partial charge is 0.497 e. The summed E-state index contributed by atoms with van der Waals surface area (Å²) in [6.07, 6.45) is 7.75. The van der Waals surface area contributed by atoms with Gasteiger partial charge in [-0.15, -0.1) is 0 Å². The van der Waals surface area contributed by atoms with Gasteiger partial charge in [-0.2, -0.15) is 0 Å². The number of aryl methyl sites for hydroxylation is 1. The van der Waals surface area contributed by atoms with Crippen molar-refractivity contribution < 1.29 is 4.74 Å². The van der Waals surface area contributed by atoms with Crippen molar-refractivity contribution in [2.24, 2.45) is 0 Å². The predicted octanol–water partition coefficient (Wildman–Crippen LogP) is 3.06. The van der Waals surface area contributed by atoms with E-state index in [2.05, 4.69) is 28.6 Å². The molecule has 0 bridgehead atoms. The molecule has 1 atom stereocenters. The van der Waals surface area contributed by atoms with Crippen molar-refractivity contribution in [1.82, 2.24) is 10.4 Å². The van der Waals surface area contributed by atoms with E-state index in [1.807, 2.05) is 0 Å². The smallest absolute Gasteiger partial charge is 0.119 e. The van der Waals surface area contributed by atoms with Crippen molar-refractivity contribution in [1.29, 1.82) is 0 Å². The first-order valence-electron chi connectivity index (χ1n) is 7.55. The number of methoxy groups -OCH3 is 1. The third-order valence-electron chi connectivity index (χ3n) is 4.36. The highest BCUT2D eigenvalue weighted by Gasteiger charge is 2.23. The zero-order chi connectivity index (χ0) is 13.1. The highest BCUT2D eigenvalue weighted by molar-refractivity contribution is 5.39. The van der Waals surface area contributed by atoms with Crippen LogP contribution in [0.25, 0.3) is 0 Å². The van der Waals surface area contributed by atoms with Gasteiger partial charge in [0.2, 0.25) is 0 Å². The van der Waals surface area contributed by atoms with Gasteiger partial charge in [0, 0.05) is 19.1 Å². The highest BCUT2D eigenvalue weighted by atomic mass is 16.5. The van der Waals surface area contributed by atoms with Gasteiger partial charge in [0.1, 0.15) is 5.75 Å². The maximum absolute atomic E-state index is 5.38. The van der Waals surface area contributed by atoms with E-state index >= 15 is 0 Å². The number of nitrogens with zero attached hydrogens (tertiary/aromatic N) is 1. The number of benzene rings is 1. The minimum atomic E-state index is 0.469. The zero-order valence-corrected chi connectivity index (χ0v) is 11.8. The molecule has 0 radical (unpaired) electrons. The summed E-state index contributed by atoms with van der Waals surface area (Å²) in [7, 11) is 1.75. The average molecular weight is 260 g/mol. The SMILES string of the molecule is COc1ccc2c(c1)C(NN1CCCCC1)CCC2. The van der Waals surface area contributed by atoms with Gasteiger partial charge in [-0.25, -0.2) is 10.4 Å². The lowest BCUT2D eigenvalue weighted by Crippen LogP contribution is -2.44. The van der Waals surface area contributed by atoms with Crippen LogP contribution in [-0.4, -0.2) is 25.2 Å². The number of rotatable bonds is 3. The number of hydrogen-bond acceptors (Lipinski definition) is 3. The quantitative estimate of drug-likeness (QED) is 0.904. The Morgan fingerprint density at radius 1 is 1.16 bits per heavy atom. The molecule has 1 fully saturated rings. The summed E-state index contributed by atoms with van der Waals surface area (Å²) in [6.45, 7) is 2.38. The van der Waals surface area contributed by atoms with Gasteiger partial charge in [0.05, 0.1) is 7.11 Å². The van der Waals surface area contributed by atoms with Crippen molar-refractivity contribution in [2.75, 3.05) is 20.2 Å². The van der Waals surface area contributed by atoms with Gasteiger partial charge in [-0.05, 0) is 55.4 Å². The Labute approximate surface area is 115 Å². The molecule has 0 aromatic heterocycles. The first-order chi connectivity index (χ1) is 9.36. The first-order valence-corrected chi connectivity index (χ1v) is 7.55. The fourth-order valence-electron chi connectivity index (χ4n) is 3.28. The van der Waals surface area contributed by atoms with E-state index in [0.29, 0.717) is 6.04 Å². The summed E-state index contributed by atoms with van der Waals surface area (Å²) in [5, 5.41) is 2.42. The molecule has 19 heavy (non-hydrogen) atoms. The number of nitrogens with one attached hydrogen (secondary N) is 1. The maximum atomic E-state index is 5.38. The molecule has 1 heterocycles. The predicted molar refractivity (Wildman–Crippen MR) is 77.2 cm³/mol. The molecule has 3 nitrogen and oxygen atoms in total. The molecule has 1 unspecified atom stereocenters. The van der Waals surface area contributed by atoms with Gasteiger partial charge in [-0.1, -0.05) is 12.5 Å². The van der Waals surface area contributed by atoms with Crippen LogP contribution in [-0.2, 0) is 6.42 Å². The van der Waals surface area contributed by atoms with Gasteiger partial charge in [-0.3, -0.25) is 0 Å². The van der Waals surface area contributed by atoms with Crippen LogP contribution in [0, 0.1) is 0 Å². The Balaban J connectivity index is 1.76. The Kier molecular flexibility index (Phi) is 4.04. The van der Waals surface area contributed by atoms with Crippen LogP contribution in [0.3, 0.4) is 0 Å². The molecule has 1 aliphatic heterocycles. The number of fused-ring (bicyclic) bond motifs is 1. The summed E-state index contributed by atoms with van der Waals surface area (Å²) in [5.74, 6) is 0.978. The van der Waals surface area contributed by atoms with E-state index < -0.39 is 0 Å². The Bertz CT molecular complexity index is 427. The van der Waals surface area contributed by atoms with Crippen LogP contribution in [0.4, 0.5) is 0 Å². The van der Waals surface area contributed by atoms with Gasteiger partial charge in [0.25, 0.3) is 0 Å². The highest BCUT2D eigenvalue weighted by Crippen LogP contribution is 2.32. The second kappa shape index (κ2) is 5.93. The van der Waals surface area contributed by atoms with Gasteiger partial charge >= 0.3 is 0 Å². The summed E-state index contributed by atoms with van der Waals surface area (Å²) < 4.78 is 5.38. The lowest BCUT2D eigenvalue weighted by Gasteiger charge is -2.34. The maximum Gasteiger partial charge on any atom is 0.119 e. The van der Waals surface area contributed by atoms with E-state index in [-0.39, 0.29) is 0 Å². The van der Waals surface area contributed by atoms with E-state index in [1.54, 1.807) is 7.11 Å². The molecule has 1 saturated heterocycles. The van der Waals surface area contributed by atoms with E-state index in [9.17, 15) is 0 Å². The Morgan fingerprint density at radius 2 is 2.00 bits per heavy atom. The Morgan fingerprint density at radius 3 is 2.79 bits per heavy atom. The van der Waals surface area contributed by atoms with Crippen LogP contribution in [0.1, 0.15) is 49.3 Å². The summed E-state index contributed by atoms with van der Waals surface area (Å²) in [6, 6.07) is 7.01. The average Bonchev–Trinajstić information content (AvgIpc) is 2.48. The van der Waals surface area contributed by atoms with Gasteiger partial charge in [0.15, 0.2) is 0 Å². The molecule has 104 valence electrons. The molecule has 0 saturated carbocycles. The van der Waals surface area contributed by atoms with Crippen LogP contribution in [0.15, 0.2) is 18.2 Å². The molecule has 0 spiro atoms. The third-order valence-corrected chi connectivity index (χ3v) is 4.36. The molecule has 2 aliphatic rings. The second-order valence-electron chi connectivity index (χ2n) is 5.69. The van der Waals surface area contributed by atoms with E-state index in [4.69, 9.17) is 4.74 Å². The number of hydrazine groups is 1. The molecule has 1 N–H and O–H groups in total. The molecule has 3 rings (SSSR count). The Hall–Kier alpha value is -1.06. The summed E-state index contributed by atoms with van der Waals surface area (Å²) in [5.41, 5.74) is 6.67. The van der Waals surface area contributed by atoms with Crippen molar-refractivity contribution in [3.05, 3.63) is 29.3 Å². The molecular formula is C16H24N2O.